The largest absolute Gasteiger partial charge is 0.338 e. The van der Waals surface area contributed by atoms with Gasteiger partial charge >= 0.3 is 0 Å². The van der Waals surface area contributed by atoms with Crippen LogP contribution in [0.2, 0.25) is 0 Å². The minimum Gasteiger partial charge on any atom is -0.338 e. The highest BCUT2D eigenvalue weighted by Gasteiger charge is 2.42. The lowest BCUT2D eigenvalue weighted by Crippen LogP contribution is -2.51. The molecule has 0 radical (unpaired) electrons. The number of hydrogen-bond acceptors (Lipinski definition) is 3. The minimum absolute atomic E-state index is 0. The average Bonchev–Trinajstić information content (AvgIpc) is 2.80. The predicted octanol–water partition coefficient (Wildman–Crippen LogP) is 1.64. The summed E-state index contributed by atoms with van der Waals surface area (Å²) in [5.41, 5.74) is 5.63. The Bertz CT molecular complexity index is 422. The Kier molecular flexibility index (Phi) is 6.27. The van der Waals surface area contributed by atoms with Crippen molar-refractivity contribution >= 4 is 24.2 Å². The predicted molar refractivity (Wildman–Crippen MR) is 89.8 cm³/mol. The second-order valence-electron chi connectivity index (χ2n) is 7.63. The van der Waals surface area contributed by atoms with Crippen molar-refractivity contribution < 1.29 is 9.59 Å². The second kappa shape index (κ2) is 7.18. The maximum absolute atomic E-state index is 12.8. The van der Waals surface area contributed by atoms with Crippen LogP contribution in [0.5, 0.6) is 0 Å². The van der Waals surface area contributed by atoms with Crippen LogP contribution in [-0.2, 0) is 9.59 Å². The van der Waals surface area contributed by atoms with Gasteiger partial charge in [-0.3, -0.25) is 9.59 Å². The van der Waals surface area contributed by atoms with Crippen LogP contribution in [0.15, 0.2) is 0 Å². The molecule has 6 heteroatoms. The summed E-state index contributed by atoms with van der Waals surface area (Å²) in [6.45, 7) is 10.1. The van der Waals surface area contributed by atoms with Gasteiger partial charge in [0.05, 0.1) is 5.92 Å². The molecule has 3 unspecified atom stereocenters. The van der Waals surface area contributed by atoms with Gasteiger partial charge in [-0.1, -0.05) is 6.92 Å². The van der Waals surface area contributed by atoms with Gasteiger partial charge in [-0.05, 0) is 39.5 Å². The van der Waals surface area contributed by atoms with E-state index in [-0.39, 0.29) is 41.7 Å². The fourth-order valence-corrected chi connectivity index (χ4v) is 3.52. The number of amides is 2. The van der Waals surface area contributed by atoms with Crippen LogP contribution in [0.1, 0.15) is 47.0 Å². The standard InChI is InChI=1S/C16H29N3O2.ClH/c1-11-5-6-18(13(7-11)9-17)15(21)12-8-14(20)19(10-12)16(2,3)4;/h11-13H,5-10,17H2,1-4H3;1H. The number of halogens is 1. The van der Waals surface area contributed by atoms with Crippen molar-refractivity contribution in [1.29, 1.82) is 0 Å². The highest BCUT2D eigenvalue weighted by Crippen LogP contribution is 2.30. The van der Waals surface area contributed by atoms with E-state index in [1.165, 1.54) is 0 Å². The smallest absolute Gasteiger partial charge is 0.228 e. The molecule has 2 heterocycles. The molecule has 3 atom stereocenters. The molecular weight excluding hydrogens is 302 g/mol. The third-order valence-corrected chi connectivity index (χ3v) is 4.82. The van der Waals surface area contributed by atoms with Crippen LogP contribution >= 0.6 is 12.4 Å². The van der Waals surface area contributed by atoms with Crippen molar-refractivity contribution in [1.82, 2.24) is 9.80 Å². The van der Waals surface area contributed by atoms with Crippen molar-refractivity contribution in [2.75, 3.05) is 19.6 Å². The van der Waals surface area contributed by atoms with E-state index >= 15 is 0 Å². The molecule has 0 bridgehead atoms. The molecule has 22 heavy (non-hydrogen) atoms. The first-order valence-electron chi connectivity index (χ1n) is 8.05. The Balaban J connectivity index is 0.00000242. The topological polar surface area (TPSA) is 66.6 Å². The summed E-state index contributed by atoms with van der Waals surface area (Å²) in [7, 11) is 0. The number of hydrogen-bond donors (Lipinski definition) is 1. The minimum atomic E-state index is -0.213. The highest BCUT2D eigenvalue weighted by atomic mass is 35.5. The van der Waals surface area contributed by atoms with Gasteiger partial charge in [-0.15, -0.1) is 12.4 Å². The zero-order chi connectivity index (χ0) is 15.8. The lowest BCUT2D eigenvalue weighted by Gasteiger charge is -2.39. The Morgan fingerprint density at radius 1 is 1.36 bits per heavy atom. The molecule has 5 nitrogen and oxygen atoms in total. The fraction of sp³-hybridized carbons (Fsp3) is 0.875. The van der Waals surface area contributed by atoms with Gasteiger partial charge in [0, 0.05) is 37.6 Å². The average molecular weight is 332 g/mol. The molecule has 2 amide bonds. The van der Waals surface area contributed by atoms with Gasteiger partial charge in [0.15, 0.2) is 0 Å². The number of piperidine rings is 1. The van der Waals surface area contributed by atoms with Gasteiger partial charge in [-0.25, -0.2) is 0 Å². The van der Waals surface area contributed by atoms with Crippen LogP contribution in [0.3, 0.4) is 0 Å². The molecule has 0 saturated carbocycles. The van der Waals surface area contributed by atoms with Crippen molar-refractivity contribution in [2.24, 2.45) is 17.6 Å². The van der Waals surface area contributed by atoms with Gasteiger partial charge in [0.1, 0.15) is 0 Å². The molecule has 128 valence electrons. The van der Waals surface area contributed by atoms with Gasteiger partial charge < -0.3 is 15.5 Å². The van der Waals surface area contributed by atoms with E-state index in [1.807, 2.05) is 30.6 Å². The normalized spacial score (nSPS) is 29.5. The van der Waals surface area contributed by atoms with Gasteiger partial charge in [0.2, 0.25) is 11.8 Å². The number of nitrogens with two attached hydrogens (primary N) is 1. The summed E-state index contributed by atoms with van der Waals surface area (Å²) in [6.07, 6.45) is 2.36. The van der Waals surface area contributed by atoms with Crippen molar-refractivity contribution in [3.05, 3.63) is 0 Å². The molecule has 2 rings (SSSR count). The Labute approximate surface area is 140 Å². The van der Waals surface area contributed by atoms with E-state index in [0.717, 1.165) is 19.4 Å². The molecule has 0 spiro atoms. The Hall–Kier alpha value is -0.810. The third-order valence-electron chi connectivity index (χ3n) is 4.82. The SMILES string of the molecule is CC1CCN(C(=O)C2CC(=O)N(C(C)(C)C)C2)C(CN)C1.Cl. The van der Waals surface area contributed by atoms with E-state index in [9.17, 15) is 9.59 Å². The number of likely N-dealkylation sites (tertiary alicyclic amines) is 2. The van der Waals surface area contributed by atoms with E-state index in [0.29, 0.717) is 25.4 Å². The van der Waals surface area contributed by atoms with E-state index < -0.39 is 0 Å². The summed E-state index contributed by atoms with van der Waals surface area (Å²) >= 11 is 0. The van der Waals surface area contributed by atoms with E-state index in [4.69, 9.17) is 5.73 Å². The number of nitrogens with zero attached hydrogens (tertiary/aromatic N) is 2. The van der Waals surface area contributed by atoms with Crippen LogP contribution in [0.4, 0.5) is 0 Å². The lowest BCUT2D eigenvalue weighted by atomic mass is 9.91. The highest BCUT2D eigenvalue weighted by molar-refractivity contribution is 5.89. The molecular formula is C16H30ClN3O2. The van der Waals surface area contributed by atoms with E-state index in [2.05, 4.69) is 6.92 Å². The van der Waals surface area contributed by atoms with Gasteiger partial charge in [-0.2, -0.15) is 0 Å². The molecule has 2 aliphatic heterocycles. The molecule has 2 fully saturated rings. The summed E-state index contributed by atoms with van der Waals surface area (Å²) < 4.78 is 0. The number of carbonyl (C=O) groups is 2. The Morgan fingerprint density at radius 2 is 2.00 bits per heavy atom. The molecule has 2 N–H and O–H groups in total. The quantitative estimate of drug-likeness (QED) is 0.836. The van der Waals surface area contributed by atoms with Crippen LogP contribution in [0, 0.1) is 11.8 Å². The molecule has 0 aromatic rings. The summed E-state index contributed by atoms with van der Waals surface area (Å²) in [4.78, 5) is 28.7. The number of rotatable bonds is 2. The molecule has 0 aliphatic carbocycles. The zero-order valence-corrected chi connectivity index (χ0v) is 15.0. The van der Waals surface area contributed by atoms with Crippen LogP contribution in [0.25, 0.3) is 0 Å². The van der Waals surface area contributed by atoms with Crippen molar-refractivity contribution in [3.8, 4) is 0 Å². The molecule has 0 aromatic heterocycles. The monoisotopic (exact) mass is 331 g/mol. The van der Waals surface area contributed by atoms with Gasteiger partial charge in [0.25, 0.3) is 0 Å². The van der Waals surface area contributed by atoms with Crippen molar-refractivity contribution in [3.63, 3.8) is 0 Å². The van der Waals surface area contributed by atoms with Crippen LogP contribution in [-0.4, -0.2) is 52.8 Å². The lowest BCUT2D eigenvalue weighted by molar-refractivity contribution is -0.139. The summed E-state index contributed by atoms with van der Waals surface area (Å²) in [5, 5.41) is 0. The molecule has 0 aromatic carbocycles. The first-order chi connectivity index (χ1) is 9.74. The van der Waals surface area contributed by atoms with Crippen molar-refractivity contribution in [2.45, 2.75) is 58.5 Å². The van der Waals surface area contributed by atoms with E-state index in [1.54, 1.807) is 0 Å². The number of carbonyl (C=O) groups excluding carboxylic acids is 2. The molecule has 2 aliphatic rings. The summed E-state index contributed by atoms with van der Waals surface area (Å²) in [5.74, 6) is 0.644. The first kappa shape index (κ1) is 19.2. The first-order valence-corrected chi connectivity index (χ1v) is 8.05. The Morgan fingerprint density at radius 3 is 2.50 bits per heavy atom. The maximum atomic E-state index is 12.8. The maximum Gasteiger partial charge on any atom is 0.228 e. The molecule has 2 saturated heterocycles. The second-order valence-corrected chi connectivity index (χ2v) is 7.63. The van der Waals surface area contributed by atoms with Crippen LogP contribution < -0.4 is 5.73 Å². The summed E-state index contributed by atoms with van der Waals surface area (Å²) in [6, 6.07) is 0.139. The zero-order valence-electron chi connectivity index (χ0n) is 14.2. The fourth-order valence-electron chi connectivity index (χ4n) is 3.52. The third kappa shape index (κ3) is 3.93.